The van der Waals surface area contributed by atoms with E-state index in [1.807, 2.05) is 6.92 Å². The van der Waals surface area contributed by atoms with Gasteiger partial charge in [-0.3, -0.25) is 4.79 Å². The minimum atomic E-state index is -0.754. The van der Waals surface area contributed by atoms with Gasteiger partial charge in [-0.15, -0.1) is 0 Å². The van der Waals surface area contributed by atoms with E-state index in [2.05, 4.69) is 5.32 Å². The minimum Gasteiger partial charge on any atom is -0.481 e. The Morgan fingerprint density at radius 2 is 2.00 bits per heavy atom. The molecule has 2 aliphatic rings. The maximum Gasteiger partial charge on any atom is 0.317 e. The number of nitrogens with zero attached hydrogens (tertiary/aromatic N) is 1. The number of piperidine rings is 1. The van der Waals surface area contributed by atoms with Crippen molar-refractivity contribution in [1.82, 2.24) is 10.2 Å². The Morgan fingerprint density at radius 1 is 1.25 bits per heavy atom. The van der Waals surface area contributed by atoms with Gasteiger partial charge >= 0.3 is 12.0 Å². The molecule has 0 bridgehead atoms. The molecule has 0 spiro atoms. The first-order chi connectivity index (χ1) is 9.51. The molecule has 114 valence electrons. The van der Waals surface area contributed by atoms with Crippen LogP contribution in [0.5, 0.6) is 0 Å². The molecule has 2 rings (SSSR count). The van der Waals surface area contributed by atoms with Crippen LogP contribution in [-0.4, -0.2) is 53.8 Å². The number of methoxy groups -OCH3 is 1. The van der Waals surface area contributed by atoms with E-state index in [-0.39, 0.29) is 30.1 Å². The summed E-state index contributed by atoms with van der Waals surface area (Å²) in [7, 11) is 1.70. The number of hydrogen-bond donors (Lipinski definition) is 2. The molecule has 2 fully saturated rings. The monoisotopic (exact) mass is 284 g/mol. The van der Waals surface area contributed by atoms with Crippen molar-refractivity contribution < 1.29 is 19.4 Å². The lowest BCUT2D eigenvalue weighted by Crippen LogP contribution is -2.52. The number of carboxylic acid groups (broad SMARTS) is 1. The largest absolute Gasteiger partial charge is 0.481 e. The van der Waals surface area contributed by atoms with Crippen LogP contribution in [0, 0.1) is 5.92 Å². The van der Waals surface area contributed by atoms with Crippen molar-refractivity contribution in [2.75, 3.05) is 13.7 Å². The summed E-state index contributed by atoms with van der Waals surface area (Å²) in [6.07, 6.45) is 4.12. The minimum absolute atomic E-state index is 0.0236. The highest BCUT2D eigenvalue weighted by molar-refractivity contribution is 5.76. The Kier molecular flexibility index (Phi) is 4.86. The van der Waals surface area contributed by atoms with Crippen molar-refractivity contribution in [3.05, 3.63) is 0 Å². The lowest BCUT2D eigenvalue weighted by molar-refractivity contribution is -0.143. The van der Waals surface area contributed by atoms with Gasteiger partial charge < -0.3 is 20.1 Å². The predicted molar refractivity (Wildman–Crippen MR) is 73.5 cm³/mol. The molecule has 0 aromatic heterocycles. The summed E-state index contributed by atoms with van der Waals surface area (Å²) in [6, 6.07) is 0.0874. The molecular formula is C14H24N2O4. The van der Waals surface area contributed by atoms with Gasteiger partial charge in [0.05, 0.1) is 12.0 Å². The van der Waals surface area contributed by atoms with Crippen molar-refractivity contribution >= 4 is 12.0 Å². The summed E-state index contributed by atoms with van der Waals surface area (Å²) in [5, 5.41) is 12.1. The number of rotatable bonds is 3. The Labute approximate surface area is 119 Å². The fourth-order valence-electron chi connectivity index (χ4n) is 3.24. The third-order valence-electron chi connectivity index (χ3n) is 4.53. The second-order valence-electron chi connectivity index (χ2n) is 5.92. The first-order valence-corrected chi connectivity index (χ1v) is 7.34. The van der Waals surface area contributed by atoms with Crippen molar-refractivity contribution in [3.8, 4) is 0 Å². The third-order valence-corrected chi connectivity index (χ3v) is 4.53. The zero-order valence-corrected chi connectivity index (χ0v) is 12.2. The first-order valence-electron chi connectivity index (χ1n) is 7.34. The lowest BCUT2D eigenvalue weighted by Gasteiger charge is -2.36. The number of urea groups is 1. The number of likely N-dealkylation sites (tertiary alicyclic amines) is 1. The lowest BCUT2D eigenvalue weighted by atomic mass is 9.92. The van der Waals surface area contributed by atoms with Gasteiger partial charge in [0.1, 0.15) is 0 Å². The molecule has 0 aromatic rings. The number of aliphatic carboxylic acids is 1. The van der Waals surface area contributed by atoms with Gasteiger partial charge in [0.15, 0.2) is 0 Å². The molecule has 2 N–H and O–H groups in total. The highest BCUT2D eigenvalue weighted by Gasteiger charge is 2.34. The summed E-state index contributed by atoms with van der Waals surface area (Å²) < 4.78 is 5.30. The fraction of sp³-hybridized carbons (Fsp3) is 0.857. The maximum absolute atomic E-state index is 12.3. The zero-order valence-electron chi connectivity index (χ0n) is 12.2. The number of amides is 2. The second kappa shape index (κ2) is 6.43. The van der Waals surface area contributed by atoms with Crippen LogP contribution >= 0.6 is 0 Å². The quantitative estimate of drug-likeness (QED) is 0.822. The van der Waals surface area contributed by atoms with Gasteiger partial charge in [-0.1, -0.05) is 0 Å². The topological polar surface area (TPSA) is 78.9 Å². The molecule has 2 amide bonds. The van der Waals surface area contributed by atoms with Crippen molar-refractivity contribution in [2.24, 2.45) is 5.92 Å². The highest BCUT2D eigenvalue weighted by Crippen LogP contribution is 2.25. The number of carboxylic acids is 1. The number of hydrogen-bond acceptors (Lipinski definition) is 3. The van der Waals surface area contributed by atoms with E-state index >= 15 is 0 Å². The van der Waals surface area contributed by atoms with Crippen LogP contribution in [0.2, 0.25) is 0 Å². The van der Waals surface area contributed by atoms with Crippen LogP contribution < -0.4 is 5.32 Å². The molecule has 4 atom stereocenters. The van der Waals surface area contributed by atoms with Crippen LogP contribution in [0.3, 0.4) is 0 Å². The van der Waals surface area contributed by atoms with Gasteiger partial charge in [0.25, 0.3) is 0 Å². The number of carbonyl (C=O) groups excluding carboxylic acids is 1. The zero-order chi connectivity index (χ0) is 14.7. The molecule has 1 aliphatic heterocycles. The van der Waals surface area contributed by atoms with Gasteiger partial charge in [0, 0.05) is 25.7 Å². The summed E-state index contributed by atoms with van der Waals surface area (Å²) >= 11 is 0. The Balaban J connectivity index is 1.83. The highest BCUT2D eigenvalue weighted by atomic mass is 16.5. The van der Waals surface area contributed by atoms with Crippen LogP contribution in [0.4, 0.5) is 4.79 Å². The molecule has 1 heterocycles. The van der Waals surface area contributed by atoms with Crippen molar-refractivity contribution in [1.29, 1.82) is 0 Å². The number of nitrogens with one attached hydrogen (secondary N) is 1. The van der Waals surface area contributed by atoms with Crippen LogP contribution in [0.25, 0.3) is 0 Å². The smallest absolute Gasteiger partial charge is 0.317 e. The number of carbonyl (C=O) groups is 2. The van der Waals surface area contributed by atoms with E-state index in [1.165, 1.54) is 0 Å². The molecule has 6 nitrogen and oxygen atoms in total. The third kappa shape index (κ3) is 3.42. The van der Waals surface area contributed by atoms with Crippen molar-refractivity contribution in [3.63, 3.8) is 0 Å². The van der Waals surface area contributed by atoms with Gasteiger partial charge in [-0.2, -0.15) is 0 Å². The van der Waals surface area contributed by atoms with E-state index in [9.17, 15) is 9.59 Å². The molecular weight excluding hydrogens is 260 g/mol. The second-order valence-corrected chi connectivity index (χ2v) is 5.92. The predicted octanol–water partition coefficient (Wildman–Crippen LogP) is 1.45. The Morgan fingerprint density at radius 3 is 2.55 bits per heavy atom. The normalized spacial score (nSPS) is 34.0. The summed E-state index contributed by atoms with van der Waals surface area (Å²) in [5.74, 6) is -1.07. The molecule has 6 heteroatoms. The van der Waals surface area contributed by atoms with Crippen molar-refractivity contribution in [2.45, 2.75) is 57.2 Å². The Hall–Kier alpha value is -1.30. The molecule has 20 heavy (non-hydrogen) atoms. The average Bonchev–Trinajstić information content (AvgIpc) is 2.85. The van der Waals surface area contributed by atoms with Crippen LogP contribution in [-0.2, 0) is 9.53 Å². The summed E-state index contributed by atoms with van der Waals surface area (Å²) in [5.41, 5.74) is 0. The molecule has 0 aromatic carbocycles. The summed E-state index contributed by atoms with van der Waals surface area (Å²) in [4.78, 5) is 25.0. The molecule has 1 aliphatic carbocycles. The molecule has 0 radical (unpaired) electrons. The van der Waals surface area contributed by atoms with E-state index in [1.54, 1.807) is 12.0 Å². The van der Waals surface area contributed by atoms with Gasteiger partial charge in [-0.25, -0.2) is 4.79 Å². The summed E-state index contributed by atoms with van der Waals surface area (Å²) in [6.45, 7) is 2.44. The van der Waals surface area contributed by atoms with E-state index < -0.39 is 5.97 Å². The van der Waals surface area contributed by atoms with Crippen LogP contribution in [0.15, 0.2) is 0 Å². The van der Waals surface area contributed by atoms with E-state index in [0.717, 1.165) is 19.3 Å². The molecule has 4 unspecified atom stereocenters. The van der Waals surface area contributed by atoms with Crippen LogP contribution in [0.1, 0.15) is 39.0 Å². The average molecular weight is 284 g/mol. The SMILES string of the molecule is COC1CCC(NC(=O)N2CCC(C(=O)O)CC2C)C1. The molecule has 1 saturated heterocycles. The van der Waals surface area contributed by atoms with Gasteiger partial charge in [-0.05, 0) is 39.0 Å². The maximum atomic E-state index is 12.3. The Bertz CT molecular complexity index is 374. The number of ether oxygens (including phenoxy) is 1. The first kappa shape index (κ1) is 15.1. The van der Waals surface area contributed by atoms with E-state index in [4.69, 9.17) is 9.84 Å². The fourth-order valence-corrected chi connectivity index (χ4v) is 3.24. The van der Waals surface area contributed by atoms with Gasteiger partial charge in [0.2, 0.25) is 0 Å². The van der Waals surface area contributed by atoms with E-state index in [0.29, 0.717) is 19.4 Å². The standard InChI is InChI=1S/C14H24N2O4/c1-9-7-10(13(17)18)5-6-16(9)14(19)15-11-3-4-12(8-11)20-2/h9-12H,3-8H2,1-2H3,(H,15,19)(H,17,18). The molecule has 1 saturated carbocycles.